The van der Waals surface area contributed by atoms with Crippen molar-refractivity contribution in [1.82, 2.24) is 0 Å². The summed E-state index contributed by atoms with van der Waals surface area (Å²) in [7, 11) is 0. The van der Waals surface area contributed by atoms with Gasteiger partial charge >= 0.3 is 11.9 Å². The van der Waals surface area contributed by atoms with E-state index in [0.717, 1.165) is 16.7 Å². The van der Waals surface area contributed by atoms with Gasteiger partial charge in [-0.3, -0.25) is 19.2 Å². The van der Waals surface area contributed by atoms with Crippen LogP contribution in [0.2, 0.25) is 0 Å². The Balaban J connectivity index is 1.22. The third kappa shape index (κ3) is 5.49. The van der Waals surface area contributed by atoms with Crippen LogP contribution in [-0.4, -0.2) is 75.0 Å². The number of halogens is 1. The number of hydrogen-bond acceptors (Lipinski definition) is 10. The highest BCUT2D eigenvalue weighted by molar-refractivity contribution is 6.01. The molecule has 0 spiro atoms. The molecule has 10 atom stereocenters. The molecule has 0 radical (unpaired) electrons. The molecule has 1 aliphatic heterocycles. The summed E-state index contributed by atoms with van der Waals surface area (Å²) in [6.45, 7) is 2.68. The van der Waals surface area contributed by atoms with Crippen LogP contribution in [0.1, 0.15) is 74.5 Å². The highest BCUT2D eigenvalue weighted by atomic mass is 19.1. The van der Waals surface area contributed by atoms with E-state index in [-0.39, 0.29) is 25.2 Å². The molecule has 0 bridgehead atoms. The lowest BCUT2D eigenvalue weighted by Gasteiger charge is -2.62. The molecule has 7 rings (SSSR count). The summed E-state index contributed by atoms with van der Waals surface area (Å²) in [5, 5.41) is 30.4. The number of carbonyl (C=O) groups excluding carboxylic acids is 3. The Morgan fingerprint density at radius 1 is 1.08 bits per heavy atom. The van der Waals surface area contributed by atoms with E-state index in [1.54, 1.807) is 13.0 Å². The Bertz CT molecular complexity index is 1860. The smallest absolute Gasteiger partial charge is 0.323 e. The van der Waals surface area contributed by atoms with Gasteiger partial charge in [-0.1, -0.05) is 67.1 Å². The SMILES string of the molecule is C[C@]12C=CC(=O)C=C1CC[C@H]1[C@@H]3C[C@H]4O[C@@H](c5cccc(Cc6ccc(CO)cc6)c5)O[C@@]4(C(=O)COC(=O)[C@@H](N)CC(=O)O)[C@@]3(C)C[C@H](O)[C@@]12F. The van der Waals surface area contributed by atoms with Crippen LogP contribution in [0.25, 0.3) is 0 Å². The molecule has 2 aromatic rings. The zero-order valence-corrected chi connectivity index (χ0v) is 29.1. The van der Waals surface area contributed by atoms with Gasteiger partial charge in [-0.25, -0.2) is 4.39 Å². The van der Waals surface area contributed by atoms with Gasteiger partial charge in [0.1, 0.15) is 6.04 Å². The number of carboxylic acid groups (broad SMARTS) is 1. The summed E-state index contributed by atoms with van der Waals surface area (Å²) in [5.41, 5.74) is 3.41. The molecule has 4 aliphatic carbocycles. The lowest BCUT2D eigenvalue weighted by molar-refractivity contribution is -0.231. The predicted molar refractivity (Wildman–Crippen MR) is 183 cm³/mol. The zero-order chi connectivity index (χ0) is 37.2. The minimum absolute atomic E-state index is 0.0541. The molecule has 3 saturated carbocycles. The fourth-order valence-electron chi connectivity index (χ4n) is 10.1. The van der Waals surface area contributed by atoms with Crippen LogP contribution in [0.15, 0.2) is 72.3 Å². The van der Waals surface area contributed by atoms with E-state index in [9.17, 15) is 29.4 Å². The van der Waals surface area contributed by atoms with Crippen molar-refractivity contribution in [3.05, 3.63) is 94.6 Å². The number of ketones is 2. The first-order chi connectivity index (χ1) is 24.7. The van der Waals surface area contributed by atoms with Gasteiger partial charge in [-0.05, 0) is 73.8 Å². The molecule has 0 aromatic heterocycles. The normalized spacial score (nSPS) is 36.5. The first-order valence-corrected chi connectivity index (χ1v) is 17.8. The van der Waals surface area contributed by atoms with E-state index in [4.69, 9.17) is 25.1 Å². The Morgan fingerprint density at radius 2 is 1.81 bits per heavy atom. The molecule has 11 nitrogen and oxygen atoms in total. The Hall–Kier alpha value is -4.07. The van der Waals surface area contributed by atoms with Gasteiger partial charge in [0.05, 0.1) is 25.2 Å². The van der Waals surface area contributed by atoms with Crippen LogP contribution in [0.5, 0.6) is 0 Å². The molecule has 0 unspecified atom stereocenters. The molecular formula is C40H44FNO10. The first kappa shape index (κ1) is 36.3. The highest BCUT2D eigenvalue weighted by Crippen LogP contribution is 2.72. The minimum atomic E-state index is -2.15. The number of benzene rings is 2. The number of fused-ring (bicyclic) bond motifs is 7. The van der Waals surface area contributed by atoms with Crippen LogP contribution in [0.3, 0.4) is 0 Å². The van der Waals surface area contributed by atoms with Gasteiger partial charge < -0.3 is 35.3 Å². The van der Waals surface area contributed by atoms with Gasteiger partial charge in [-0.15, -0.1) is 0 Å². The summed E-state index contributed by atoms with van der Waals surface area (Å²) >= 11 is 0. The van der Waals surface area contributed by atoms with E-state index in [1.165, 1.54) is 12.2 Å². The molecule has 5 N–H and O–H groups in total. The molecule has 1 saturated heterocycles. The lowest BCUT2D eigenvalue weighted by atomic mass is 9.44. The number of carbonyl (C=O) groups is 4. The van der Waals surface area contributed by atoms with E-state index in [0.29, 0.717) is 30.4 Å². The van der Waals surface area contributed by atoms with Crippen molar-refractivity contribution in [3.63, 3.8) is 0 Å². The maximum atomic E-state index is 17.9. The molecule has 0 amide bonds. The average molecular weight is 718 g/mol. The fourth-order valence-corrected chi connectivity index (χ4v) is 10.1. The number of carboxylic acids is 1. The van der Waals surface area contributed by atoms with E-state index in [2.05, 4.69) is 0 Å². The van der Waals surface area contributed by atoms with Crippen LogP contribution in [-0.2, 0) is 46.4 Å². The summed E-state index contributed by atoms with van der Waals surface area (Å²) in [6.07, 6.45) is 1.61. The predicted octanol–water partition coefficient (Wildman–Crippen LogP) is 3.82. The topological polar surface area (TPSA) is 183 Å². The van der Waals surface area contributed by atoms with Crippen molar-refractivity contribution in [2.75, 3.05) is 6.61 Å². The Labute approximate surface area is 300 Å². The van der Waals surface area contributed by atoms with Gasteiger partial charge in [-0.2, -0.15) is 0 Å². The summed E-state index contributed by atoms with van der Waals surface area (Å²) in [4.78, 5) is 50.7. The lowest BCUT2D eigenvalue weighted by Crippen LogP contribution is -2.69. The van der Waals surface area contributed by atoms with Crippen LogP contribution < -0.4 is 5.73 Å². The Morgan fingerprint density at radius 3 is 2.52 bits per heavy atom. The second-order valence-electron chi connectivity index (χ2n) is 15.4. The van der Waals surface area contributed by atoms with E-state index >= 15 is 4.39 Å². The summed E-state index contributed by atoms with van der Waals surface area (Å²) in [6, 6.07) is 13.6. The molecule has 2 aromatic carbocycles. The minimum Gasteiger partial charge on any atom is -0.481 e. The molecule has 1 heterocycles. The molecule has 52 heavy (non-hydrogen) atoms. The quantitative estimate of drug-likeness (QED) is 0.262. The monoisotopic (exact) mass is 717 g/mol. The van der Waals surface area contributed by atoms with Crippen LogP contribution in [0, 0.1) is 22.7 Å². The highest BCUT2D eigenvalue weighted by Gasteiger charge is 2.79. The number of esters is 1. The number of Topliss-reactive ketones (excluding diaryl/α,β-unsaturated/α-hetero) is 1. The molecule has 5 aliphatic rings. The van der Waals surface area contributed by atoms with Crippen molar-refractivity contribution < 1.29 is 53.1 Å². The zero-order valence-electron chi connectivity index (χ0n) is 29.1. The van der Waals surface area contributed by atoms with Crippen molar-refractivity contribution in [3.8, 4) is 0 Å². The third-order valence-electron chi connectivity index (χ3n) is 12.7. The first-order valence-electron chi connectivity index (χ1n) is 17.8. The van der Waals surface area contributed by atoms with Crippen LogP contribution >= 0.6 is 0 Å². The van der Waals surface area contributed by atoms with Gasteiger partial charge in [0.15, 0.2) is 29.9 Å². The second-order valence-corrected chi connectivity index (χ2v) is 15.4. The largest absolute Gasteiger partial charge is 0.481 e. The molecule has 12 heteroatoms. The number of rotatable bonds is 10. The molecule has 276 valence electrons. The number of alkyl halides is 1. The van der Waals surface area contributed by atoms with Gasteiger partial charge in [0.2, 0.25) is 5.78 Å². The number of allylic oxidation sites excluding steroid dienone is 4. The van der Waals surface area contributed by atoms with Crippen molar-refractivity contribution in [1.29, 1.82) is 0 Å². The van der Waals surface area contributed by atoms with E-state index < -0.39 is 89.2 Å². The van der Waals surface area contributed by atoms with Crippen LogP contribution in [0.4, 0.5) is 4.39 Å². The summed E-state index contributed by atoms with van der Waals surface area (Å²) < 4.78 is 36.5. The molecule has 4 fully saturated rings. The fraction of sp³-hybridized carbons (Fsp3) is 0.500. The third-order valence-corrected chi connectivity index (χ3v) is 12.7. The number of aliphatic hydroxyl groups is 2. The number of aliphatic hydroxyl groups excluding tert-OH is 2. The number of nitrogens with two attached hydrogens (primary N) is 1. The maximum absolute atomic E-state index is 17.9. The second kappa shape index (κ2) is 13.1. The number of ether oxygens (including phenoxy) is 3. The number of hydrogen-bond donors (Lipinski definition) is 4. The van der Waals surface area contributed by atoms with Crippen molar-refractivity contribution >= 4 is 23.5 Å². The summed E-state index contributed by atoms with van der Waals surface area (Å²) in [5.74, 6) is -4.47. The average Bonchev–Trinajstić information content (AvgIpc) is 3.61. The Kier molecular flexibility index (Phi) is 9.14. The van der Waals surface area contributed by atoms with Crippen molar-refractivity contribution in [2.45, 2.75) is 94.8 Å². The van der Waals surface area contributed by atoms with Gasteiger partial charge in [0.25, 0.3) is 0 Å². The number of aliphatic carboxylic acids is 1. The molecular weight excluding hydrogens is 673 g/mol. The maximum Gasteiger partial charge on any atom is 0.323 e. The van der Waals surface area contributed by atoms with Gasteiger partial charge in [0, 0.05) is 22.3 Å². The van der Waals surface area contributed by atoms with Crippen molar-refractivity contribution in [2.24, 2.45) is 28.4 Å². The standard InChI is InChI=1S/C40H44FNO10/c1-37-13-12-27(44)16-26(37)10-11-28-29-17-33-40(38(29,2)19-31(45)39(28,37)41,32(46)21-50-35(49)30(42)18-34(47)48)52-36(51-33)25-5-3-4-24(15-25)14-22-6-8-23(20-43)9-7-22/h3-9,12-13,15-16,28-31,33,36,43,45H,10-11,14,17-21,42H2,1-2H3,(H,47,48)/t28-,29-,30-,31-,33+,36+,37-,38-,39-,40+/m0/s1. The van der Waals surface area contributed by atoms with E-state index in [1.807, 2.05) is 55.5 Å².